The molecule has 0 spiro atoms. The summed E-state index contributed by atoms with van der Waals surface area (Å²) in [6.07, 6.45) is 48.6. The van der Waals surface area contributed by atoms with Crippen LogP contribution in [0.5, 0.6) is 0 Å². The zero-order chi connectivity index (χ0) is 28.0. The normalized spacial score (nSPS) is 22.6. The van der Waals surface area contributed by atoms with E-state index in [1.807, 2.05) is 0 Å². The first-order chi connectivity index (χ1) is 20.0. The fourth-order valence-electron chi connectivity index (χ4n) is 7.11. The van der Waals surface area contributed by atoms with Crippen molar-refractivity contribution in [2.45, 2.75) is 218 Å². The minimum Gasteiger partial charge on any atom is -0.0622 e. The Labute approximate surface area is 253 Å². The average Bonchev–Trinajstić information content (AvgIpc) is 2.98. The molecule has 1 aliphatic carbocycles. The first-order valence-corrected chi connectivity index (χ1v) is 19.0. The standard InChI is InChI=1S/C40H72/c1-2-4-6-8-10-12-14-16-18-20-22-24-26-28-31-35-39(40-37-33-30-34-38-40)36-32-29-27-25-23-21-19-17-15-13-11-9-7-5-3-1/h30,33-34,37-39H,1-29,31-32,35-36H2. The first kappa shape index (κ1) is 35.4. The molecule has 0 aromatic heterocycles. The van der Waals surface area contributed by atoms with Crippen LogP contribution in [0.15, 0.2) is 30.3 Å². The van der Waals surface area contributed by atoms with Gasteiger partial charge in [0.15, 0.2) is 0 Å². The van der Waals surface area contributed by atoms with Crippen molar-refractivity contribution in [3.63, 3.8) is 0 Å². The van der Waals surface area contributed by atoms with E-state index >= 15 is 0 Å². The summed E-state index contributed by atoms with van der Waals surface area (Å²) in [6.45, 7) is 0. The molecule has 0 saturated heterocycles. The molecule has 0 bridgehead atoms. The van der Waals surface area contributed by atoms with Crippen LogP contribution in [0.4, 0.5) is 0 Å². The third-order valence-corrected chi connectivity index (χ3v) is 9.88. The zero-order valence-electron chi connectivity index (χ0n) is 27.3. The second-order valence-corrected chi connectivity index (χ2v) is 13.6. The van der Waals surface area contributed by atoms with Crippen LogP contribution < -0.4 is 0 Å². The van der Waals surface area contributed by atoms with Gasteiger partial charge in [0.2, 0.25) is 0 Å². The van der Waals surface area contributed by atoms with Crippen molar-refractivity contribution in [2.24, 2.45) is 0 Å². The van der Waals surface area contributed by atoms with Gasteiger partial charge < -0.3 is 0 Å². The van der Waals surface area contributed by atoms with Crippen molar-refractivity contribution >= 4 is 0 Å². The van der Waals surface area contributed by atoms with Gasteiger partial charge in [-0.25, -0.2) is 0 Å². The lowest BCUT2D eigenvalue weighted by atomic mass is 9.88. The van der Waals surface area contributed by atoms with Gasteiger partial charge in [0, 0.05) is 0 Å². The van der Waals surface area contributed by atoms with Crippen molar-refractivity contribution < 1.29 is 0 Å². The molecule has 1 fully saturated rings. The quantitative estimate of drug-likeness (QED) is 0.325. The van der Waals surface area contributed by atoms with E-state index in [0.29, 0.717) is 0 Å². The van der Waals surface area contributed by atoms with Gasteiger partial charge in [0.25, 0.3) is 0 Å². The highest BCUT2D eigenvalue weighted by molar-refractivity contribution is 5.19. The Morgan fingerprint density at radius 3 is 0.675 bits per heavy atom. The SMILES string of the molecule is c1ccc(C2CCCCCCCCCCCCCCCCCCCCCCCCCCCCCCCCC2)cc1. The lowest BCUT2D eigenvalue weighted by Gasteiger charge is -2.17. The van der Waals surface area contributed by atoms with Crippen LogP contribution in [0, 0.1) is 0 Å². The highest BCUT2D eigenvalue weighted by Gasteiger charge is 2.11. The van der Waals surface area contributed by atoms with Gasteiger partial charge in [-0.15, -0.1) is 0 Å². The smallest absolute Gasteiger partial charge is 0.0162 e. The summed E-state index contributed by atoms with van der Waals surface area (Å²) in [6, 6.07) is 11.5. The van der Waals surface area contributed by atoms with Crippen molar-refractivity contribution in [3.8, 4) is 0 Å². The molecule has 1 aliphatic rings. The van der Waals surface area contributed by atoms with E-state index in [1.165, 1.54) is 212 Å². The van der Waals surface area contributed by atoms with Gasteiger partial charge in [0.05, 0.1) is 0 Å². The molecule has 1 saturated carbocycles. The summed E-state index contributed by atoms with van der Waals surface area (Å²) in [7, 11) is 0. The van der Waals surface area contributed by atoms with E-state index in [4.69, 9.17) is 0 Å². The molecule has 0 heterocycles. The minimum absolute atomic E-state index is 0.795. The Balaban J connectivity index is 1.60. The predicted molar refractivity (Wildman–Crippen MR) is 182 cm³/mol. The summed E-state index contributed by atoms with van der Waals surface area (Å²) in [5.74, 6) is 0.795. The fraction of sp³-hybridized carbons (Fsp3) is 0.850. The van der Waals surface area contributed by atoms with Crippen LogP contribution in [0.25, 0.3) is 0 Å². The van der Waals surface area contributed by atoms with Crippen LogP contribution in [0.1, 0.15) is 223 Å². The summed E-state index contributed by atoms with van der Waals surface area (Å²) in [5, 5.41) is 0. The van der Waals surface area contributed by atoms with E-state index in [1.54, 1.807) is 5.56 Å². The summed E-state index contributed by atoms with van der Waals surface area (Å²) >= 11 is 0. The van der Waals surface area contributed by atoms with Crippen molar-refractivity contribution in [1.82, 2.24) is 0 Å². The lowest BCUT2D eigenvalue weighted by molar-refractivity contribution is 0.478. The number of rotatable bonds is 1. The van der Waals surface area contributed by atoms with E-state index in [0.717, 1.165) is 5.92 Å². The lowest BCUT2D eigenvalue weighted by Crippen LogP contribution is -1.99. The molecule has 2 rings (SSSR count). The molecule has 1 aromatic carbocycles. The van der Waals surface area contributed by atoms with E-state index < -0.39 is 0 Å². The molecular formula is C40H72. The van der Waals surface area contributed by atoms with E-state index in [-0.39, 0.29) is 0 Å². The summed E-state index contributed by atoms with van der Waals surface area (Å²) < 4.78 is 0. The summed E-state index contributed by atoms with van der Waals surface area (Å²) in [5.41, 5.74) is 1.60. The van der Waals surface area contributed by atoms with Crippen LogP contribution in [0.2, 0.25) is 0 Å². The number of benzene rings is 1. The Hall–Kier alpha value is -0.780. The highest BCUT2D eigenvalue weighted by Crippen LogP contribution is 2.29. The van der Waals surface area contributed by atoms with E-state index in [2.05, 4.69) is 30.3 Å². The van der Waals surface area contributed by atoms with Gasteiger partial charge in [0.1, 0.15) is 0 Å². The van der Waals surface area contributed by atoms with Gasteiger partial charge in [-0.1, -0.05) is 229 Å². The molecule has 0 N–H and O–H groups in total. The maximum Gasteiger partial charge on any atom is -0.0162 e. The third kappa shape index (κ3) is 21.9. The van der Waals surface area contributed by atoms with E-state index in [9.17, 15) is 0 Å². The van der Waals surface area contributed by atoms with Crippen molar-refractivity contribution in [2.75, 3.05) is 0 Å². The monoisotopic (exact) mass is 553 g/mol. The Kier molecular flexibility index (Phi) is 25.1. The van der Waals surface area contributed by atoms with Crippen LogP contribution >= 0.6 is 0 Å². The molecular weight excluding hydrogens is 480 g/mol. The largest absolute Gasteiger partial charge is 0.0622 e. The number of hydrogen-bond donors (Lipinski definition) is 0. The third-order valence-electron chi connectivity index (χ3n) is 9.88. The Morgan fingerprint density at radius 1 is 0.250 bits per heavy atom. The first-order valence-electron chi connectivity index (χ1n) is 19.0. The summed E-state index contributed by atoms with van der Waals surface area (Å²) in [4.78, 5) is 0. The zero-order valence-corrected chi connectivity index (χ0v) is 27.3. The maximum absolute atomic E-state index is 2.39. The highest BCUT2D eigenvalue weighted by atomic mass is 14.2. The molecule has 0 nitrogen and oxygen atoms in total. The molecule has 232 valence electrons. The molecule has 0 atom stereocenters. The Bertz CT molecular complexity index is 570. The topological polar surface area (TPSA) is 0 Å². The predicted octanol–water partition coefficient (Wildman–Crippen LogP) is 14.7. The molecule has 0 amide bonds. The Morgan fingerprint density at radius 2 is 0.450 bits per heavy atom. The second-order valence-electron chi connectivity index (χ2n) is 13.6. The van der Waals surface area contributed by atoms with Gasteiger partial charge >= 0.3 is 0 Å². The average molecular weight is 553 g/mol. The molecule has 0 radical (unpaired) electrons. The van der Waals surface area contributed by atoms with Gasteiger partial charge in [-0.3, -0.25) is 0 Å². The molecule has 0 heteroatoms. The van der Waals surface area contributed by atoms with Gasteiger partial charge in [-0.05, 0) is 24.3 Å². The molecule has 40 heavy (non-hydrogen) atoms. The van der Waals surface area contributed by atoms with Crippen LogP contribution in [-0.2, 0) is 0 Å². The molecule has 0 unspecified atom stereocenters. The van der Waals surface area contributed by atoms with Crippen molar-refractivity contribution in [3.05, 3.63) is 35.9 Å². The molecule has 1 aromatic rings. The van der Waals surface area contributed by atoms with Gasteiger partial charge in [-0.2, -0.15) is 0 Å². The molecule has 0 aliphatic heterocycles. The number of hydrogen-bond acceptors (Lipinski definition) is 0. The maximum atomic E-state index is 2.39. The minimum atomic E-state index is 0.795. The van der Waals surface area contributed by atoms with Crippen LogP contribution in [-0.4, -0.2) is 0 Å². The van der Waals surface area contributed by atoms with Crippen LogP contribution in [0.3, 0.4) is 0 Å². The fourth-order valence-corrected chi connectivity index (χ4v) is 7.11. The van der Waals surface area contributed by atoms with Crippen molar-refractivity contribution in [1.29, 1.82) is 0 Å². The second kappa shape index (κ2) is 28.3.